The molecule has 1 amide bonds. The minimum Gasteiger partial charge on any atom is -0.398 e. The van der Waals surface area contributed by atoms with Crippen LogP contribution in [0.5, 0.6) is 0 Å². The van der Waals surface area contributed by atoms with E-state index < -0.39 is 5.91 Å². The molecule has 0 fully saturated rings. The number of aromatic nitrogens is 2. The third-order valence-corrected chi connectivity index (χ3v) is 3.37. The van der Waals surface area contributed by atoms with Gasteiger partial charge in [0.25, 0.3) is 5.56 Å². The van der Waals surface area contributed by atoms with Crippen molar-refractivity contribution in [3.05, 3.63) is 55.8 Å². The maximum atomic E-state index is 11.9. The predicted molar refractivity (Wildman–Crippen MR) is 79.7 cm³/mol. The Morgan fingerprint density at radius 2 is 2.16 bits per heavy atom. The second-order valence-corrected chi connectivity index (χ2v) is 5.11. The van der Waals surface area contributed by atoms with E-state index in [1.807, 2.05) is 22.6 Å². The zero-order chi connectivity index (χ0) is 14.0. The molecular weight excluding hydrogens is 359 g/mol. The molecular formula is C12H11IN4O2. The largest absolute Gasteiger partial charge is 0.398 e. The average Bonchev–Trinajstić information content (AvgIpc) is 2.37. The molecule has 98 valence electrons. The molecule has 7 heteroatoms. The van der Waals surface area contributed by atoms with Gasteiger partial charge in [0.2, 0.25) is 5.91 Å². The highest BCUT2D eigenvalue weighted by Gasteiger charge is 2.07. The lowest BCUT2D eigenvalue weighted by Gasteiger charge is -2.09. The van der Waals surface area contributed by atoms with Gasteiger partial charge >= 0.3 is 0 Å². The number of anilines is 1. The van der Waals surface area contributed by atoms with Gasteiger partial charge in [-0.3, -0.25) is 14.2 Å². The zero-order valence-corrected chi connectivity index (χ0v) is 12.0. The number of carbonyl (C=O) groups is 1. The van der Waals surface area contributed by atoms with Crippen LogP contribution in [0, 0.1) is 3.57 Å². The number of amides is 1. The Bertz CT molecular complexity index is 696. The highest BCUT2D eigenvalue weighted by atomic mass is 127. The van der Waals surface area contributed by atoms with E-state index in [4.69, 9.17) is 11.5 Å². The van der Waals surface area contributed by atoms with E-state index in [-0.39, 0.29) is 5.56 Å². The number of nitrogens with zero attached hydrogens (tertiary/aromatic N) is 2. The molecule has 19 heavy (non-hydrogen) atoms. The number of hydrogen-bond acceptors (Lipinski definition) is 4. The molecule has 0 atom stereocenters. The molecule has 0 saturated heterocycles. The molecule has 0 spiro atoms. The number of nitrogen functional groups attached to an aromatic ring is 1. The van der Waals surface area contributed by atoms with Gasteiger partial charge in [-0.15, -0.1) is 0 Å². The lowest BCUT2D eigenvalue weighted by atomic mass is 10.1. The Balaban J connectivity index is 2.36. The number of rotatable bonds is 3. The summed E-state index contributed by atoms with van der Waals surface area (Å²) in [7, 11) is 0. The van der Waals surface area contributed by atoms with Gasteiger partial charge in [-0.1, -0.05) is 6.07 Å². The summed E-state index contributed by atoms with van der Waals surface area (Å²) in [6, 6.07) is 4.77. The van der Waals surface area contributed by atoms with E-state index >= 15 is 0 Å². The van der Waals surface area contributed by atoms with Crippen LogP contribution < -0.4 is 17.0 Å². The molecule has 0 aliphatic heterocycles. The summed E-state index contributed by atoms with van der Waals surface area (Å²) in [5.41, 5.74) is 12.4. The molecule has 6 nitrogen and oxygen atoms in total. The molecule has 0 bridgehead atoms. The third kappa shape index (κ3) is 2.92. The molecule has 4 N–H and O–H groups in total. The first-order chi connectivity index (χ1) is 8.99. The molecule has 0 aliphatic carbocycles. The maximum Gasteiger partial charge on any atom is 0.267 e. The van der Waals surface area contributed by atoms with E-state index in [1.165, 1.54) is 23.2 Å². The lowest BCUT2D eigenvalue weighted by Crippen LogP contribution is -2.23. The van der Waals surface area contributed by atoms with E-state index in [2.05, 4.69) is 4.98 Å². The molecule has 1 aromatic heterocycles. The van der Waals surface area contributed by atoms with Crippen LogP contribution in [0.3, 0.4) is 0 Å². The third-order valence-electron chi connectivity index (χ3n) is 2.63. The zero-order valence-electron chi connectivity index (χ0n) is 9.84. The van der Waals surface area contributed by atoms with Crippen molar-refractivity contribution >= 4 is 34.2 Å². The fourth-order valence-corrected chi connectivity index (χ4v) is 2.08. The van der Waals surface area contributed by atoms with Crippen molar-refractivity contribution < 1.29 is 4.79 Å². The molecule has 1 aromatic carbocycles. The molecule has 0 aliphatic rings. The van der Waals surface area contributed by atoms with Crippen LogP contribution >= 0.6 is 22.6 Å². The van der Waals surface area contributed by atoms with Crippen LogP contribution in [0.15, 0.2) is 35.5 Å². The summed E-state index contributed by atoms with van der Waals surface area (Å²) >= 11 is 1.93. The van der Waals surface area contributed by atoms with Crippen molar-refractivity contribution in [1.82, 2.24) is 9.55 Å². The SMILES string of the molecule is NC(=O)c1ccc(Cn2cncc(I)c2=O)c(N)c1. The number of primary amides is 1. The molecule has 0 radical (unpaired) electrons. The molecule has 2 aromatic rings. The standard InChI is InChI=1S/C12H11IN4O2/c13-9-4-16-6-17(12(9)19)5-8-2-1-7(11(15)18)3-10(8)14/h1-4,6H,5,14H2,(H2,15,18). The monoisotopic (exact) mass is 370 g/mol. The number of hydrogen-bond donors (Lipinski definition) is 2. The maximum absolute atomic E-state index is 11.9. The first-order valence-corrected chi connectivity index (χ1v) is 6.45. The van der Waals surface area contributed by atoms with Crippen molar-refractivity contribution in [3.8, 4) is 0 Å². The van der Waals surface area contributed by atoms with Crippen molar-refractivity contribution in [2.45, 2.75) is 6.54 Å². The van der Waals surface area contributed by atoms with Crippen LogP contribution in [0.1, 0.15) is 15.9 Å². The molecule has 1 heterocycles. The first-order valence-electron chi connectivity index (χ1n) is 5.37. The smallest absolute Gasteiger partial charge is 0.267 e. The van der Waals surface area contributed by atoms with Crippen LogP contribution in [0.2, 0.25) is 0 Å². The number of nitrogens with two attached hydrogens (primary N) is 2. The Hall–Kier alpha value is -1.90. The van der Waals surface area contributed by atoms with Gasteiger partial charge in [0.15, 0.2) is 0 Å². The summed E-state index contributed by atoms with van der Waals surface area (Å²) < 4.78 is 1.99. The van der Waals surface area contributed by atoms with Gasteiger partial charge in [-0.2, -0.15) is 0 Å². The van der Waals surface area contributed by atoms with E-state index in [1.54, 1.807) is 12.1 Å². The lowest BCUT2D eigenvalue weighted by molar-refractivity contribution is 0.100. The summed E-state index contributed by atoms with van der Waals surface area (Å²) in [5, 5.41) is 0. The van der Waals surface area contributed by atoms with Gasteiger partial charge in [0.1, 0.15) is 0 Å². The van der Waals surface area contributed by atoms with E-state index in [0.29, 0.717) is 21.4 Å². The van der Waals surface area contributed by atoms with Crippen molar-refractivity contribution in [3.63, 3.8) is 0 Å². The fraction of sp³-hybridized carbons (Fsp3) is 0.0833. The second-order valence-electron chi connectivity index (χ2n) is 3.95. The first kappa shape index (κ1) is 13.5. The van der Waals surface area contributed by atoms with Gasteiger partial charge in [-0.05, 0) is 40.3 Å². The van der Waals surface area contributed by atoms with Crippen LogP contribution in [0.25, 0.3) is 0 Å². The van der Waals surface area contributed by atoms with Gasteiger partial charge < -0.3 is 11.5 Å². The topological polar surface area (TPSA) is 104 Å². The summed E-state index contributed by atoms with van der Waals surface area (Å²) in [5.74, 6) is -0.536. The Morgan fingerprint density at radius 3 is 2.79 bits per heavy atom. The molecule has 0 saturated carbocycles. The Labute approximate surface area is 122 Å². The highest BCUT2D eigenvalue weighted by Crippen LogP contribution is 2.15. The van der Waals surface area contributed by atoms with Gasteiger partial charge in [-0.25, -0.2) is 4.98 Å². The summed E-state index contributed by atoms with van der Waals surface area (Å²) in [6.45, 7) is 0.299. The summed E-state index contributed by atoms with van der Waals surface area (Å²) in [6.07, 6.45) is 2.95. The van der Waals surface area contributed by atoms with Crippen LogP contribution in [0.4, 0.5) is 5.69 Å². The molecule has 2 rings (SSSR count). The van der Waals surface area contributed by atoms with Crippen molar-refractivity contribution in [2.75, 3.05) is 5.73 Å². The average molecular weight is 370 g/mol. The van der Waals surface area contributed by atoms with E-state index in [9.17, 15) is 9.59 Å². The quantitative estimate of drug-likeness (QED) is 0.609. The van der Waals surface area contributed by atoms with Crippen molar-refractivity contribution in [1.29, 1.82) is 0 Å². The second kappa shape index (κ2) is 5.39. The Morgan fingerprint density at radius 1 is 1.42 bits per heavy atom. The van der Waals surface area contributed by atoms with Gasteiger partial charge in [0, 0.05) is 17.4 Å². The number of benzene rings is 1. The highest BCUT2D eigenvalue weighted by molar-refractivity contribution is 14.1. The fourth-order valence-electron chi connectivity index (χ4n) is 1.61. The Kier molecular flexibility index (Phi) is 3.84. The van der Waals surface area contributed by atoms with Crippen LogP contribution in [-0.4, -0.2) is 15.5 Å². The minimum absolute atomic E-state index is 0.131. The summed E-state index contributed by atoms with van der Waals surface area (Å²) in [4.78, 5) is 26.8. The minimum atomic E-state index is -0.536. The van der Waals surface area contributed by atoms with E-state index in [0.717, 1.165) is 5.56 Å². The number of carbonyl (C=O) groups excluding carboxylic acids is 1. The number of halogens is 1. The predicted octanol–water partition coefficient (Wildman–Crippen LogP) is 0.577. The molecule has 0 unspecified atom stereocenters. The van der Waals surface area contributed by atoms with Gasteiger partial charge in [0.05, 0.1) is 16.4 Å². The normalized spacial score (nSPS) is 10.4. The van der Waals surface area contributed by atoms with Crippen LogP contribution in [-0.2, 0) is 6.54 Å². The van der Waals surface area contributed by atoms with Crippen molar-refractivity contribution in [2.24, 2.45) is 5.73 Å².